The van der Waals surface area contributed by atoms with Crippen molar-refractivity contribution >= 4 is 24.2 Å². The van der Waals surface area contributed by atoms with Gasteiger partial charge < -0.3 is 21.1 Å². The molecule has 0 saturated carbocycles. The molecule has 1 atom stereocenters. The Morgan fingerprint density at radius 1 is 1.12 bits per heavy atom. The van der Waals surface area contributed by atoms with Gasteiger partial charge in [0.1, 0.15) is 5.75 Å². The minimum atomic E-state index is -0.608. The van der Waals surface area contributed by atoms with E-state index >= 15 is 0 Å². The van der Waals surface area contributed by atoms with Crippen molar-refractivity contribution in [3.63, 3.8) is 0 Å². The van der Waals surface area contributed by atoms with Crippen molar-refractivity contribution < 1.29 is 14.3 Å². The molecular weight excluding hydrogens is 342 g/mol. The molecule has 7 heteroatoms. The number of nitrogens with two attached hydrogens (primary N) is 1. The number of amides is 2. The summed E-state index contributed by atoms with van der Waals surface area (Å²) in [6.45, 7) is 8.75. The number of hydrogen-bond donors (Lipinski definition) is 3. The van der Waals surface area contributed by atoms with Crippen LogP contribution in [0.1, 0.15) is 33.3 Å². The molecule has 0 aliphatic carbocycles. The molecule has 2 amide bonds. The van der Waals surface area contributed by atoms with E-state index in [2.05, 4.69) is 24.5 Å². The van der Waals surface area contributed by atoms with Crippen LogP contribution in [-0.2, 0) is 16.1 Å². The van der Waals surface area contributed by atoms with Crippen molar-refractivity contribution in [3.05, 3.63) is 29.8 Å². The lowest BCUT2D eigenvalue weighted by molar-refractivity contribution is -0.127. The largest absolute Gasteiger partial charge is 0.493 e. The molecule has 0 fully saturated rings. The second-order valence-corrected chi connectivity index (χ2v) is 6.58. The van der Waals surface area contributed by atoms with Crippen molar-refractivity contribution in [3.8, 4) is 5.75 Å². The van der Waals surface area contributed by atoms with Gasteiger partial charge in [-0.25, -0.2) is 0 Å². The molecule has 6 nitrogen and oxygen atoms in total. The highest BCUT2D eigenvalue weighted by Crippen LogP contribution is 2.18. The first kappa shape index (κ1) is 23.2. The van der Waals surface area contributed by atoms with Crippen LogP contribution in [0.3, 0.4) is 0 Å². The predicted molar refractivity (Wildman–Crippen MR) is 102 cm³/mol. The van der Waals surface area contributed by atoms with Crippen LogP contribution in [0.25, 0.3) is 0 Å². The Balaban J connectivity index is 0.00000576. The van der Waals surface area contributed by atoms with Gasteiger partial charge in [-0.05, 0) is 17.9 Å². The standard InChI is InChI=1S/C18H29N3O3.ClH/c1-12(2)11-24-15-8-6-5-7-14(15)9-20-16(22)10-21-18(23)17(19)13(3)4;/h5-8,12-13,17H,9-11,19H2,1-4H3,(H,20,22)(H,21,23);1H/t17-;/m0./s1. The maximum atomic E-state index is 11.9. The topological polar surface area (TPSA) is 93.5 Å². The number of carbonyl (C=O) groups is 2. The molecule has 1 rings (SSSR count). The van der Waals surface area contributed by atoms with E-state index in [1.165, 1.54) is 0 Å². The Morgan fingerprint density at radius 3 is 2.36 bits per heavy atom. The van der Waals surface area contributed by atoms with Gasteiger partial charge in [0.25, 0.3) is 0 Å². The second-order valence-electron chi connectivity index (χ2n) is 6.58. The summed E-state index contributed by atoms with van der Waals surface area (Å²) in [5, 5.41) is 5.32. The minimum absolute atomic E-state index is 0. The van der Waals surface area contributed by atoms with Gasteiger partial charge in [-0.15, -0.1) is 12.4 Å². The minimum Gasteiger partial charge on any atom is -0.493 e. The fourth-order valence-corrected chi connectivity index (χ4v) is 1.89. The summed E-state index contributed by atoms with van der Waals surface area (Å²) >= 11 is 0. The Labute approximate surface area is 156 Å². The molecule has 0 bridgehead atoms. The van der Waals surface area contributed by atoms with Crippen LogP contribution in [0.15, 0.2) is 24.3 Å². The molecule has 0 aliphatic heterocycles. The third kappa shape index (κ3) is 8.74. The third-order valence-corrected chi connectivity index (χ3v) is 3.46. The van der Waals surface area contributed by atoms with E-state index in [1.807, 2.05) is 38.1 Å². The molecule has 0 radical (unpaired) electrons. The Bertz CT molecular complexity index is 550. The lowest BCUT2D eigenvalue weighted by atomic mass is 10.1. The molecule has 1 aromatic carbocycles. The smallest absolute Gasteiger partial charge is 0.239 e. The summed E-state index contributed by atoms with van der Waals surface area (Å²) in [5.41, 5.74) is 6.63. The number of carbonyl (C=O) groups excluding carboxylic acids is 2. The number of halogens is 1. The van der Waals surface area contributed by atoms with E-state index in [0.29, 0.717) is 19.1 Å². The SMILES string of the molecule is CC(C)COc1ccccc1CNC(=O)CNC(=O)[C@@H](N)C(C)C.Cl. The number of nitrogens with one attached hydrogen (secondary N) is 2. The highest BCUT2D eigenvalue weighted by molar-refractivity contribution is 5.87. The molecule has 0 aliphatic rings. The molecular formula is C18H30ClN3O3. The van der Waals surface area contributed by atoms with E-state index < -0.39 is 6.04 Å². The van der Waals surface area contributed by atoms with E-state index in [-0.39, 0.29) is 36.7 Å². The molecule has 0 saturated heterocycles. The Hall–Kier alpha value is -1.79. The first-order chi connectivity index (χ1) is 11.3. The lowest BCUT2D eigenvalue weighted by Gasteiger charge is -2.16. The fourth-order valence-electron chi connectivity index (χ4n) is 1.89. The Kier molecular flexibility index (Phi) is 10.9. The maximum Gasteiger partial charge on any atom is 0.239 e. The number of hydrogen-bond acceptors (Lipinski definition) is 4. The van der Waals surface area contributed by atoms with Crippen molar-refractivity contribution in [2.24, 2.45) is 17.6 Å². The summed E-state index contributed by atoms with van der Waals surface area (Å²) in [7, 11) is 0. The van der Waals surface area contributed by atoms with Crippen molar-refractivity contribution in [1.82, 2.24) is 10.6 Å². The zero-order chi connectivity index (χ0) is 18.1. The van der Waals surface area contributed by atoms with E-state index in [0.717, 1.165) is 11.3 Å². The number of ether oxygens (including phenoxy) is 1. The molecule has 0 unspecified atom stereocenters. The third-order valence-electron chi connectivity index (χ3n) is 3.46. The van der Waals surface area contributed by atoms with Gasteiger partial charge in [0.15, 0.2) is 0 Å². The summed E-state index contributed by atoms with van der Waals surface area (Å²) < 4.78 is 5.75. The quantitative estimate of drug-likeness (QED) is 0.617. The zero-order valence-electron chi connectivity index (χ0n) is 15.4. The summed E-state index contributed by atoms with van der Waals surface area (Å²) in [6.07, 6.45) is 0. The van der Waals surface area contributed by atoms with Crippen LogP contribution in [0.4, 0.5) is 0 Å². The summed E-state index contributed by atoms with van der Waals surface area (Å²) in [6, 6.07) is 6.97. The van der Waals surface area contributed by atoms with E-state index in [4.69, 9.17) is 10.5 Å². The van der Waals surface area contributed by atoms with Gasteiger partial charge in [0.2, 0.25) is 11.8 Å². The Morgan fingerprint density at radius 2 is 1.76 bits per heavy atom. The van der Waals surface area contributed by atoms with Gasteiger partial charge in [-0.1, -0.05) is 45.9 Å². The highest BCUT2D eigenvalue weighted by Gasteiger charge is 2.17. The van der Waals surface area contributed by atoms with Crippen LogP contribution in [0.2, 0.25) is 0 Å². The van der Waals surface area contributed by atoms with Crippen LogP contribution in [-0.4, -0.2) is 31.0 Å². The van der Waals surface area contributed by atoms with Crippen LogP contribution >= 0.6 is 12.4 Å². The van der Waals surface area contributed by atoms with Gasteiger partial charge in [-0.3, -0.25) is 9.59 Å². The van der Waals surface area contributed by atoms with E-state index in [1.54, 1.807) is 0 Å². The highest BCUT2D eigenvalue weighted by atomic mass is 35.5. The van der Waals surface area contributed by atoms with Crippen molar-refractivity contribution in [2.45, 2.75) is 40.3 Å². The predicted octanol–water partition coefficient (Wildman–Crippen LogP) is 1.86. The zero-order valence-corrected chi connectivity index (χ0v) is 16.2. The molecule has 25 heavy (non-hydrogen) atoms. The lowest BCUT2D eigenvalue weighted by Crippen LogP contribution is -2.47. The first-order valence-electron chi connectivity index (χ1n) is 8.32. The van der Waals surface area contributed by atoms with Crippen LogP contribution in [0, 0.1) is 11.8 Å². The summed E-state index contributed by atoms with van der Waals surface area (Å²) in [5.74, 6) is 0.627. The molecule has 0 aromatic heterocycles. The van der Waals surface area contributed by atoms with Gasteiger partial charge in [-0.2, -0.15) is 0 Å². The monoisotopic (exact) mass is 371 g/mol. The van der Waals surface area contributed by atoms with Gasteiger partial charge >= 0.3 is 0 Å². The fraction of sp³-hybridized carbons (Fsp3) is 0.556. The van der Waals surface area contributed by atoms with Gasteiger partial charge in [0, 0.05) is 12.1 Å². The normalized spacial score (nSPS) is 11.6. The number of rotatable bonds is 9. The maximum absolute atomic E-state index is 11.9. The molecule has 0 spiro atoms. The number of para-hydroxylation sites is 1. The molecule has 142 valence electrons. The molecule has 1 aromatic rings. The van der Waals surface area contributed by atoms with Crippen molar-refractivity contribution in [2.75, 3.05) is 13.2 Å². The van der Waals surface area contributed by atoms with E-state index in [9.17, 15) is 9.59 Å². The first-order valence-corrected chi connectivity index (χ1v) is 8.32. The molecule has 4 N–H and O–H groups in total. The van der Waals surface area contributed by atoms with Gasteiger partial charge in [0.05, 0.1) is 19.2 Å². The molecule has 0 heterocycles. The second kappa shape index (κ2) is 11.7. The average molecular weight is 372 g/mol. The van der Waals surface area contributed by atoms with Crippen LogP contribution in [0.5, 0.6) is 5.75 Å². The van der Waals surface area contributed by atoms with Crippen molar-refractivity contribution in [1.29, 1.82) is 0 Å². The average Bonchev–Trinajstić information content (AvgIpc) is 2.55. The van der Waals surface area contributed by atoms with Crippen LogP contribution < -0.4 is 21.1 Å². The summed E-state index contributed by atoms with van der Waals surface area (Å²) in [4.78, 5) is 23.6. The number of benzene rings is 1.